The van der Waals surface area contributed by atoms with E-state index < -0.39 is 17.9 Å². The molecule has 1 atom stereocenters. The first-order valence-electron chi connectivity index (χ1n) is 9.84. The van der Waals surface area contributed by atoms with Crippen LogP contribution in [0.5, 0.6) is 5.75 Å². The lowest BCUT2D eigenvalue weighted by molar-refractivity contribution is -0.139. The van der Waals surface area contributed by atoms with Gasteiger partial charge in [0.15, 0.2) is 6.04 Å². The van der Waals surface area contributed by atoms with Crippen molar-refractivity contribution >= 4 is 34.0 Å². The SMILES string of the molecule is O=C(NC(C(=O)O)c1ccccc1)c1ccccc1N=Nc1c(O)ccc2ccccc12. The van der Waals surface area contributed by atoms with Crippen molar-refractivity contribution in [1.82, 2.24) is 5.32 Å². The first-order chi connectivity index (χ1) is 15.5. The number of carboxylic acids is 1. The van der Waals surface area contributed by atoms with Gasteiger partial charge in [-0.15, -0.1) is 10.2 Å². The van der Waals surface area contributed by atoms with Crippen LogP contribution in [0, 0.1) is 0 Å². The molecule has 3 N–H and O–H groups in total. The van der Waals surface area contributed by atoms with Crippen LogP contribution in [-0.2, 0) is 4.79 Å². The quantitative estimate of drug-likeness (QED) is 0.353. The van der Waals surface area contributed by atoms with Crippen LogP contribution >= 0.6 is 0 Å². The van der Waals surface area contributed by atoms with Crippen LogP contribution in [0.3, 0.4) is 0 Å². The number of carboxylic acid groups (broad SMARTS) is 1. The molecule has 32 heavy (non-hydrogen) atoms. The number of benzene rings is 4. The molecule has 0 saturated carbocycles. The lowest BCUT2D eigenvalue weighted by Crippen LogP contribution is -2.33. The topological polar surface area (TPSA) is 111 Å². The predicted molar refractivity (Wildman–Crippen MR) is 121 cm³/mol. The van der Waals surface area contributed by atoms with Crippen molar-refractivity contribution in [3.05, 3.63) is 102 Å². The van der Waals surface area contributed by atoms with Gasteiger partial charge in [-0.1, -0.05) is 72.8 Å². The van der Waals surface area contributed by atoms with E-state index in [0.29, 0.717) is 10.9 Å². The molecule has 7 heteroatoms. The molecular formula is C25H19N3O4. The Morgan fingerprint density at radius 1 is 0.781 bits per heavy atom. The number of nitrogens with zero attached hydrogens (tertiary/aromatic N) is 2. The van der Waals surface area contributed by atoms with Crippen LogP contribution in [0.1, 0.15) is 22.0 Å². The minimum Gasteiger partial charge on any atom is -0.506 e. The summed E-state index contributed by atoms with van der Waals surface area (Å²) in [5.74, 6) is -1.81. The van der Waals surface area contributed by atoms with Gasteiger partial charge in [0.2, 0.25) is 0 Å². The van der Waals surface area contributed by atoms with Crippen LogP contribution in [0.2, 0.25) is 0 Å². The number of amides is 1. The molecular weight excluding hydrogens is 406 g/mol. The summed E-state index contributed by atoms with van der Waals surface area (Å²) in [5.41, 5.74) is 1.15. The van der Waals surface area contributed by atoms with Crippen LogP contribution < -0.4 is 5.32 Å². The summed E-state index contributed by atoms with van der Waals surface area (Å²) in [6, 6.07) is 24.4. The fourth-order valence-corrected chi connectivity index (χ4v) is 3.35. The Bertz CT molecular complexity index is 1320. The first-order valence-corrected chi connectivity index (χ1v) is 9.84. The molecule has 7 nitrogen and oxygen atoms in total. The summed E-state index contributed by atoms with van der Waals surface area (Å²) in [6.45, 7) is 0. The Kier molecular flexibility index (Phi) is 5.89. The molecule has 0 saturated heterocycles. The molecule has 0 aliphatic heterocycles. The van der Waals surface area contributed by atoms with E-state index in [1.807, 2.05) is 24.3 Å². The molecule has 0 bridgehead atoms. The van der Waals surface area contributed by atoms with Crippen molar-refractivity contribution in [3.63, 3.8) is 0 Å². The summed E-state index contributed by atoms with van der Waals surface area (Å²) in [4.78, 5) is 24.7. The zero-order chi connectivity index (χ0) is 22.5. The minimum atomic E-state index is -1.21. The maximum absolute atomic E-state index is 12.9. The summed E-state index contributed by atoms with van der Waals surface area (Å²) in [5, 5.41) is 32.4. The van der Waals surface area contributed by atoms with E-state index in [-0.39, 0.29) is 22.7 Å². The number of azo groups is 1. The van der Waals surface area contributed by atoms with Crippen molar-refractivity contribution in [2.75, 3.05) is 0 Å². The molecule has 4 aromatic carbocycles. The van der Waals surface area contributed by atoms with Crippen LogP contribution in [-0.4, -0.2) is 22.1 Å². The number of fused-ring (bicyclic) bond motifs is 1. The molecule has 0 heterocycles. The van der Waals surface area contributed by atoms with E-state index >= 15 is 0 Å². The third-order valence-electron chi connectivity index (χ3n) is 4.94. The standard InChI is InChI=1S/C25H19N3O4/c29-21-15-14-16-8-4-5-11-18(16)23(21)28-27-20-13-7-6-12-19(20)24(30)26-22(25(31)32)17-9-2-1-3-10-17/h1-15,22,29H,(H,26,30)(H,31,32). The zero-order valence-electron chi connectivity index (χ0n) is 16.8. The third kappa shape index (κ3) is 4.32. The number of aliphatic carboxylic acids is 1. The van der Waals surface area contributed by atoms with Gasteiger partial charge in [-0.3, -0.25) is 4.79 Å². The van der Waals surface area contributed by atoms with Gasteiger partial charge in [0.1, 0.15) is 11.4 Å². The van der Waals surface area contributed by atoms with Gasteiger partial charge in [-0.2, -0.15) is 0 Å². The number of nitrogens with one attached hydrogen (secondary N) is 1. The van der Waals surface area contributed by atoms with Crippen molar-refractivity contribution in [3.8, 4) is 5.75 Å². The second kappa shape index (κ2) is 9.09. The van der Waals surface area contributed by atoms with Crippen LogP contribution in [0.4, 0.5) is 11.4 Å². The van der Waals surface area contributed by atoms with Gasteiger partial charge in [0.25, 0.3) is 5.91 Å². The summed E-state index contributed by atoms with van der Waals surface area (Å²) < 4.78 is 0. The number of phenolic OH excluding ortho intramolecular Hbond substituents is 1. The number of rotatable bonds is 6. The summed E-state index contributed by atoms with van der Waals surface area (Å²) in [7, 11) is 0. The van der Waals surface area contributed by atoms with E-state index in [2.05, 4.69) is 15.5 Å². The minimum absolute atomic E-state index is 0.0376. The van der Waals surface area contributed by atoms with Gasteiger partial charge in [0.05, 0.1) is 11.3 Å². The van der Waals surface area contributed by atoms with Gasteiger partial charge in [0, 0.05) is 5.39 Å². The fourth-order valence-electron chi connectivity index (χ4n) is 3.35. The van der Waals surface area contributed by atoms with Crippen molar-refractivity contribution in [2.24, 2.45) is 10.2 Å². The lowest BCUT2D eigenvalue weighted by atomic mass is 10.1. The highest BCUT2D eigenvalue weighted by molar-refractivity contribution is 6.01. The highest BCUT2D eigenvalue weighted by atomic mass is 16.4. The fraction of sp³-hybridized carbons (Fsp3) is 0.0400. The Hall–Kier alpha value is -4.52. The van der Waals surface area contributed by atoms with Crippen LogP contribution in [0.25, 0.3) is 10.8 Å². The zero-order valence-corrected chi connectivity index (χ0v) is 16.8. The Balaban J connectivity index is 1.66. The van der Waals surface area contributed by atoms with Crippen molar-refractivity contribution in [1.29, 1.82) is 0 Å². The molecule has 0 aliphatic rings. The molecule has 1 amide bonds. The molecule has 0 aliphatic carbocycles. The second-order valence-corrected chi connectivity index (χ2v) is 7.03. The summed E-state index contributed by atoms with van der Waals surface area (Å²) in [6.07, 6.45) is 0. The average molecular weight is 425 g/mol. The van der Waals surface area contributed by atoms with E-state index in [4.69, 9.17) is 0 Å². The van der Waals surface area contributed by atoms with Gasteiger partial charge < -0.3 is 15.5 Å². The van der Waals surface area contributed by atoms with E-state index in [1.54, 1.807) is 54.6 Å². The Morgan fingerprint density at radius 2 is 1.47 bits per heavy atom. The third-order valence-corrected chi connectivity index (χ3v) is 4.94. The first kappa shape index (κ1) is 20.7. The number of aromatic hydroxyl groups is 1. The lowest BCUT2D eigenvalue weighted by Gasteiger charge is -2.15. The van der Waals surface area contributed by atoms with Crippen molar-refractivity contribution < 1.29 is 19.8 Å². The molecule has 0 fully saturated rings. The highest BCUT2D eigenvalue weighted by Crippen LogP contribution is 2.36. The number of phenols is 1. The number of hydrogen-bond donors (Lipinski definition) is 3. The smallest absolute Gasteiger partial charge is 0.330 e. The Morgan fingerprint density at radius 3 is 2.25 bits per heavy atom. The maximum Gasteiger partial charge on any atom is 0.330 e. The van der Waals surface area contributed by atoms with E-state index in [0.717, 1.165) is 5.39 Å². The predicted octanol–water partition coefficient (Wildman–Crippen LogP) is 5.52. The van der Waals surface area contributed by atoms with E-state index in [9.17, 15) is 19.8 Å². The molecule has 0 aromatic heterocycles. The normalized spacial score (nSPS) is 12.0. The number of carbonyl (C=O) groups is 2. The second-order valence-electron chi connectivity index (χ2n) is 7.03. The molecule has 0 radical (unpaired) electrons. The Labute approximate surface area is 183 Å². The maximum atomic E-state index is 12.9. The summed E-state index contributed by atoms with van der Waals surface area (Å²) >= 11 is 0. The molecule has 4 rings (SSSR count). The van der Waals surface area contributed by atoms with Crippen LogP contribution in [0.15, 0.2) is 101 Å². The van der Waals surface area contributed by atoms with Gasteiger partial charge in [-0.25, -0.2) is 4.79 Å². The monoisotopic (exact) mass is 425 g/mol. The van der Waals surface area contributed by atoms with Crippen molar-refractivity contribution in [2.45, 2.75) is 6.04 Å². The number of carbonyl (C=O) groups excluding carboxylic acids is 1. The largest absolute Gasteiger partial charge is 0.506 e. The molecule has 158 valence electrons. The highest BCUT2D eigenvalue weighted by Gasteiger charge is 2.23. The van der Waals surface area contributed by atoms with E-state index in [1.165, 1.54) is 12.1 Å². The molecule has 4 aromatic rings. The molecule has 1 unspecified atom stereocenters. The van der Waals surface area contributed by atoms with Gasteiger partial charge in [-0.05, 0) is 29.1 Å². The van der Waals surface area contributed by atoms with Gasteiger partial charge >= 0.3 is 5.97 Å². The molecule has 0 spiro atoms. The average Bonchev–Trinajstić information content (AvgIpc) is 2.82. The number of hydrogen-bond acceptors (Lipinski definition) is 5.